The van der Waals surface area contributed by atoms with Gasteiger partial charge in [-0.15, -0.1) is 13.2 Å². The second kappa shape index (κ2) is 7.07. The molecule has 0 aliphatic heterocycles. The fourth-order valence-electron chi connectivity index (χ4n) is 1.33. The van der Waals surface area contributed by atoms with E-state index >= 15 is 0 Å². The number of carbonyl (C=O) groups excluding carboxylic acids is 1. The molecule has 0 saturated heterocycles. The van der Waals surface area contributed by atoms with E-state index < -0.39 is 0 Å². The molecule has 0 radical (unpaired) electrons. The van der Waals surface area contributed by atoms with Crippen LogP contribution in [0.4, 0.5) is 0 Å². The van der Waals surface area contributed by atoms with Gasteiger partial charge in [0.15, 0.2) is 5.78 Å². The van der Waals surface area contributed by atoms with Gasteiger partial charge in [-0.25, -0.2) is 0 Å². The van der Waals surface area contributed by atoms with Crippen LogP contribution in [0.2, 0.25) is 0 Å². The molecule has 0 N–H and O–H groups in total. The summed E-state index contributed by atoms with van der Waals surface area (Å²) in [6, 6.07) is 7.75. The molecule has 0 spiro atoms. The first-order valence-corrected chi connectivity index (χ1v) is 6.35. The van der Waals surface area contributed by atoms with Gasteiger partial charge < -0.3 is 0 Å². The fraction of sp³-hybridized carbons (Fsp3) is 0.214. The summed E-state index contributed by atoms with van der Waals surface area (Å²) in [5.74, 6) is 2.33. The molecule has 0 unspecified atom stereocenters. The number of fused-ring (bicyclic) bond motifs is 3. The van der Waals surface area contributed by atoms with Crippen molar-refractivity contribution >= 4 is 17.5 Å². The first-order valence-electron chi connectivity index (χ1n) is 5.19. The van der Waals surface area contributed by atoms with Crippen molar-refractivity contribution in [3.8, 4) is 0 Å². The predicted molar refractivity (Wildman–Crippen MR) is 72.2 cm³/mol. The molecular formula is C14H16OS. The smallest absolute Gasteiger partial charge is 0.167 e. The van der Waals surface area contributed by atoms with E-state index in [2.05, 4.69) is 13.2 Å². The Morgan fingerprint density at radius 3 is 1.94 bits per heavy atom. The highest BCUT2D eigenvalue weighted by molar-refractivity contribution is 7.99. The van der Waals surface area contributed by atoms with E-state index in [1.165, 1.54) is 0 Å². The summed E-state index contributed by atoms with van der Waals surface area (Å²) in [5, 5.41) is 0. The number of carbonyl (C=O) groups is 1. The number of ketones is 1. The van der Waals surface area contributed by atoms with E-state index in [9.17, 15) is 4.79 Å². The van der Waals surface area contributed by atoms with Crippen molar-refractivity contribution in [1.82, 2.24) is 0 Å². The van der Waals surface area contributed by atoms with Gasteiger partial charge in [0, 0.05) is 23.5 Å². The van der Waals surface area contributed by atoms with E-state index in [4.69, 9.17) is 0 Å². The topological polar surface area (TPSA) is 17.1 Å². The lowest BCUT2D eigenvalue weighted by Crippen LogP contribution is -2.08. The van der Waals surface area contributed by atoms with Crippen molar-refractivity contribution in [3.05, 3.63) is 60.7 Å². The van der Waals surface area contributed by atoms with Crippen LogP contribution in [0.3, 0.4) is 0 Å². The van der Waals surface area contributed by atoms with Crippen molar-refractivity contribution in [3.63, 3.8) is 0 Å². The summed E-state index contributed by atoms with van der Waals surface area (Å²) in [7, 11) is 0. The lowest BCUT2D eigenvalue weighted by molar-refractivity contribution is 0.0989. The van der Waals surface area contributed by atoms with Crippen LogP contribution >= 0.6 is 11.8 Å². The van der Waals surface area contributed by atoms with Gasteiger partial charge >= 0.3 is 0 Å². The van der Waals surface area contributed by atoms with Gasteiger partial charge in [0.25, 0.3) is 0 Å². The Kier molecular flexibility index (Phi) is 5.65. The average Bonchev–Trinajstić information content (AvgIpc) is 2.32. The summed E-state index contributed by atoms with van der Waals surface area (Å²) in [6.45, 7) is 7.15. The molecule has 3 rings (SSSR count). The Balaban J connectivity index is 0.000000168. The van der Waals surface area contributed by atoms with E-state index in [1.54, 1.807) is 0 Å². The van der Waals surface area contributed by atoms with Gasteiger partial charge in [-0.2, -0.15) is 11.8 Å². The molecule has 2 aliphatic rings. The normalized spacial score (nSPS) is 11.6. The molecule has 1 nitrogen and oxygen atoms in total. The predicted octanol–water partition coefficient (Wildman–Crippen LogP) is 3.52. The summed E-state index contributed by atoms with van der Waals surface area (Å²) < 4.78 is 0. The van der Waals surface area contributed by atoms with E-state index in [-0.39, 0.29) is 5.78 Å². The maximum Gasteiger partial charge on any atom is 0.167 e. The second-order valence-corrected chi connectivity index (χ2v) is 4.49. The van der Waals surface area contributed by atoms with Crippen LogP contribution in [-0.2, 0) is 6.42 Å². The lowest BCUT2D eigenvalue weighted by atomic mass is 9.95. The van der Waals surface area contributed by atoms with Crippen LogP contribution in [0.5, 0.6) is 0 Å². The zero-order valence-electron chi connectivity index (χ0n) is 9.32. The zero-order valence-corrected chi connectivity index (χ0v) is 10.1. The van der Waals surface area contributed by atoms with Crippen LogP contribution in [0.1, 0.15) is 15.9 Å². The number of hydrogen-bond acceptors (Lipinski definition) is 2. The molecule has 1 aromatic carbocycles. The monoisotopic (exact) mass is 232 g/mol. The maximum absolute atomic E-state index is 10.9. The zero-order chi connectivity index (χ0) is 11.8. The number of thioether (sulfide) groups is 1. The van der Waals surface area contributed by atoms with E-state index in [0.29, 0.717) is 6.42 Å². The van der Waals surface area contributed by atoms with Crippen LogP contribution in [0.25, 0.3) is 0 Å². The Hall–Kier alpha value is -1.28. The standard InChI is InChI=1S/C8H6O.C6H10S/c9-8-5-6-1-3-7(8)4-2-6;1-3-5-7-6-4-2/h1-4H,5H2;3-4H,1-2,5-6H2. The average molecular weight is 232 g/mol. The third kappa shape index (κ3) is 4.07. The quantitative estimate of drug-likeness (QED) is 0.583. The molecule has 2 bridgehead atoms. The van der Waals surface area contributed by atoms with Gasteiger partial charge in [-0.3, -0.25) is 4.79 Å². The number of Topliss-reactive ketones (excluding diaryl/α,β-unsaturated/α-hetero) is 1. The van der Waals surface area contributed by atoms with Gasteiger partial charge in [-0.05, 0) is 5.56 Å². The third-order valence-corrected chi connectivity index (χ3v) is 3.05. The molecule has 0 aromatic heterocycles. The minimum Gasteiger partial charge on any atom is -0.294 e. The molecule has 16 heavy (non-hydrogen) atoms. The molecule has 84 valence electrons. The summed E-state index contributed by atoms with van der Waals surface area (Å²) in [6.07, 6.45) is 4.41. The number of benzene rings is 1. The van der Waals surface area contributed by atoms with Crippen molar-refractivity contribution in [2.45, 2.75) is 6.42 Å². The Morgan fingerprint density at radius 1 is 1.12 bits per heavy atom. The Labute approximate surface area is 101 Å². The highest BCUT2D eigenvalue weighted by Gasteiger charge is 2.11. The summed E-state index contributed by atoms with van der Waals surface area (Å²) in [5.41, 5.74) is 1.99. The molecule has 0 atom stereocenters. The van der Waals surface area contributed by atoms with Crippen LogP contribution in [0, 0.1) is 0 Å². The molecule has 0 saturated carbocycles. The number of hydrogen-bond donors (Lipinski definition) is 0. The number of rotatable bonds is 4. The second-order valence-electron chi connectivity index (χ2n) is 3.41. The molecule has 1 aromatic rings. The highest BCUT2D eigenvalue weighted by Crippen LogP contribution is 2.14. The van der Waals surface area contributed by atoms with Gasteiger partial charge in [0.05, 0.1) is 0 Å². The fourth-order valence-corrected chi connectivity index (χ4v) is 1.80. The summed E-state index contributed by atoms with van der Waals surface area (Å²) >= 11 is 1.82. The first-order chi connectivity index (χ1) is 7.77. The van der Waals surface area contributed by atoms with E-state index in [1.807, 2.05) is 48.2 Å². The third-order valence-electron chi connectivity index (χ3n) is 2.11. The van der Waals surface area contributed by atoms with Crippen molar-refractivity contribution < 1.29 is 4.79 Å². The molecular weight excluding hydrogens is 216 g/mol. The molecule has 0 amide bonds. The van der Waals surface area contributed by atoms with Crippen LogP contribution < -0.4 is 0 Å². The van der Waals surface area contributed by atoms with Gasteiger partial charge in [0.1, 0.15) is 0 Å². The minimum absolute atomic E-state index is 0.259. The van der Waals surface area contributed by atoms with Gasteiger partial charge in [-0.1, -0.05) is 36.4 Å². The van der Waals surface area contributed by atoms with E-state index in [0.717, 1.165) is 22.6 Å². The molecule has 2 aliphatic carbocycles. The molecule has 0 heterocycles. The van der Waals surface area contributed by atoms with Crippen molar-refractivity contribution in [2.75, 3.05) is 11.5 Å². The Morgan fingerprint density at radius 2 is 1.69 bits per heavy atom. The van der Waals surface area contributed by atoms with Crippen molar-refractivity contribution in [1.29, 1.82) is 0 Å². The lowest BCUT2D eigenvalue weighted by Gasteiger charge is -2.08. The SMILES string of the molecule is C=CCSCC=C.O=C1Cc2ccc1cc2. The highest BCUT2D eigenvalue weighted by atomic mass is 32.2. The van der Waals surface area contributed by atoms with Crippen molar-refractivity contribution in [2.24, 2.45) is 0 Å². The Bertz CT molecular complexity index is 357. The van der Waals surface area contributed by atoms with Crippen LogP contribution in [-0.4, -0.2) is 17.3 Å². The first kappa shape index (κ1) is 12.8. The molecule has 0 fully saturated rings. The maximum atomic E-state index is 10.9. The largest absolute Gasteiger partial charge is 0.294 e. The van der Waals surface area contributed by atoms with Gasteiger partial charge in [0.2, 0.25) is 0 Å². The van der Waals surface area contributed by atoms with Crippen LogP contribution in [0.15, 0.2) is 49.6 Å². The minimum atomic E-state index is 0.259. The summed E-state index contributed by atoms with van der Waals surface area (Å²) in [4.78, 5) is 10.9. The molecule has 2 heteroatoms.